The Labute approximate surface area is 118 Å². The first-order valence-corrected chi connectivity index (χ1v) is 6.61. The van der Waals surface area contributed by atoms with Crippen molar-refractivity contribution in [3.8, 4) is 0 Å². The molecule has 2 heterocycles. The summed E-state index contributed by atoms with van der Waals surface area (Å²) in [5, 5.41) is 6.11. The van der Waals surface area contributed by atoms with Crippen LogP contribution in [0, 0.1) is 0 Å². The zero-order valence-electron chi connectivity index (χ0n) is 11.6. The molecule has 1 atom stereocenters. The summed E-state index contributed by atoms with van der Waals surface area (Å²) in [4.78, 5) is 20.3. The number of anilines is 1. The van der Waals surface area contributed by atoms with Crippen LogP contribution in [0.2, 0.25) is 0 Å². The number of nitrogens with one attached hydrogen (secondary N) is 2. The molecule has 0 aromatic carbocycles. The van der Waals surface area contributed by atoms with Gasteiger partial charge in [0.2, 0.25) is 0 Å². The number of nitrogens with zero attached hydrogens (tertiary/aromatic N) is 2. The molecule has 5 heteroatoms. The van der Waals surface area contributed by atoms with Crippen LogP contribution in [-0.4, -0.2) is 22.4 Å². The second-order valence-electron chi connectivity index (χ2n) is 4.43. The molecule has 1 unspecified atom stereocenters. The molecule has 0 aliphatic rings. The molecule has 2 rings (SSSR count). The summed E-state index contributed by atoms with van der Waals surface area (Å²) in [6.07, 6.45) is 6.71. The molecule has 0 fully saturated rings. The van der Waals surface area contributed by atoms with Crippen LogP contribution < -0.4 is 10.6 Å². The van der Waals surface area contributed by atoms with Crippen LogP contribution in [0.15, 0.2) is 43.0 Å². The Morgan fingerprint density at radius 2 is 1.90 bits per heavy atom. The SMILES string of the molecule is CCNc1cnccc1C(=O)NC(C)c1ccncc1. The first-order valence-electron chi connectivity index (χ1n) is 6.61. The fourth-order valence-electron chi connectivity index (χ4n) is 1.93. The van der Waals surface area contributed by atoms with Crippen LogP contribution in [0.5, 0.6) is 0 Å². The van der Waals surface area contributed by atoms with Crippen molar-refractivity contribution in [2.24, 2.45) is 0 Å². The summed E-state index contributed by atoms with van der Waals surface area (Å²) in [6, 6.07) is 5.42. The van der Waals surface area contributed by atoms with Gasteiger partial charge in [-0.15, -0.1) is 0 Å². The maximum absolute atomic E-state index is 12.3. The van der Waals surface area contributed by atoms with E-state index in [1.807, 2.05) is 26.0 Å². The first-order chi connectivity index (χ1) is 9.72. The summed E-state index contributed by atoms with van der Waals surface area (Å²) >= 11 is 0. The maximum atomic E-state index is 12.3. The van der Waals surface area contributed by atoms with Crippen molar-refractivity contribution in [3.05, 3.63) is 54.1 Å². The lowest BCUT2D eigenvalue weighted by atomic mass is 10.1. The molecule has 0 radical (unpaired) electrons. The molecule has 20 heavy (non-hydrogen) atoms. The molecule has 2 N–H and O–H groups in total. The lowest BCUT2D eigenvalue weighted by molar-refractivity contribution is 0.0940. The Morgan fingerprint density at radius 3 is 2.60 bits per heavy atom. The monoisotopic (exact) mass is 270 g/mol. The van der Waals surface area contributed by atoms with E-state index in [4.69, 9.17) is 0 Å². The normalized spacial score (nSPS) is 11.7. The van der Waals surface area contributed by atoms with Gasteiger partial charge in [0, 0.05) is 25.1 Å². The standard InChI is InChI=1S/C15H18N4O/c1-3-18-14-10-17-9-6-13(14)15(20)19-11(2)12-4-7-16-8-5-12/h4-11,18H,3H2,1-2H3,(H,19,20). The smallest absolute Gasteiger partial charge is 0.253 e. The van der Waals surface area contributed by atoms with Crippen molar-refractivity contribution in [2.45, 2.75) is 19.9 Å². The molecule has 0 saturated heterocycles. The Hall–Kier alpha value is -2.43. The number of rotatable bonds is 5. The van der Waals surface area contributed by atoms with Gasteiger partial charge in [-0.05, 0) is 37.6 Å². The molecule has 0 aliphatic carbocycles. The molecule has 2 aromatic rings. The second kappa shape index (κ2) is 6.65. The van der Waals surface area contributed by atoms with Crippen molar-refractivity contribution < 1.29 is 4.79 Å². The molecular weight excluding hydrogens is 252 g/mol. The second-order valence-corrected chi connectivity index (χ2v) is 4.43. The van der Waals surface area contributed by atoms with Crippen LogP contribution in [0.25, 0.3) is 0 Å². The van der Waals surface area contributed by atoms with E-state index in [0.29, 0.717) is 5.56 Å². The predicted molar refractivity (Wildman–Crippen MR) is 78.5 cm³/mol. The minimum absolute atomic E-state index is 0.0758. The molecule has 0 spiro atoms. The van der Waals surface area contributed by atoms with Gasteiger partial charge < -0.3 is 10.6 Å². The third kappa shape index (κ3) is 3.32. The van der Waals surface area contributed by atoms with Crippen LogP contribution in [0.4, 0.5) is 5.69 Å². The number of hydrogen-bond acceptors (Lipinski definition) is 4. The zero-order chi connectivity index (χ0) is 14.4. The highest BCUT2D eigenvalue weighted by atomic mass is 16.1. The molecule has 0 aliphatic heterocycles. The number of amides is 1. The van der Waals surface area contributed by atoms with E-state index >= 15 is 0 Å². The average Bonchev–Trinajstić information content (AvgIpc) is 2.49. The molecular formula is C15H18N4O. The van der Waals surface area contributed by atoms with Crippen molar-refractivity contribution in [1.82, 2.24) is 15.3 Å². The van der Waals surface area contributed by atoms with Gasteiger partial charge in [-0.25, -0.2) is 0 Å². The van der Waals surface area contributed by atoms with Crippen LogP contribution in [0.3, 0.4) is 0 Å². The number of carbonyl (C=O) groups is 1. The third-order valence-corrected chi connectivity index (χ3v) is 2.99. The zero-order valence-corrected chi connectivity index (χ0v) is 11.6. The predicted octanol–water partition coefficient (Wildman–Crippen LogP) is 2.40. The summed E-state index contributed by atoms with van der Waals surface area (Å²) in [6.45, 7) is 4.67. The molecule has 0 bridgehead atoms. The minimum atomic E-state index is -0.118. The Morgan fingerprint density at radius 1 is 1.20 bits per heavy atom. The van der Waals surface area contributed by atoms with E-state index in [9.17, 15) is 4.79 Å². The van der Waals surface area contributed by atoms with E-state index in [1.165, 1.54) is 0 Å². The topological polar surface area (TPSA) is 66.9 Å². The van der Waals surface area contributed by atoms with E-state index in [2.05, 4.69) is 20.6 Å². The van der Waals surface area contributed by atoms with Gasteiger partial charge in [0.25, 0.3) is 5.91 Å². The Kier molecular flexibility index (Phi) is 4.65. The highest BCUT2D eigenvalue weighted by molar-refractivity contribution is 5.99. The van der Waals surface area contributed by atoms with Crippen LogP contribution in [0.1, 0.15) is 35.8 Å². The lowest BCUT2D eigenvalue weighted by Crippen LogP contribution is -2.27. The van der Waals surface area contributed by atoms with Crippen LogP contribution >= 0.6 is 0 Å². The van der Waals surface area contributed by atoms with Gasteiger partial charge in [-0.1, -0.05) is 0 Å². The first kappa shape index (κ1) is 14.0. The quantitative estimate of drug-likeness (QED) is 0.875. The minimum Gasteiger partial charge on any atom is -0.383 e. The van der Waals surface area contributed by atoms with Gasteiger partial charge in [0.15, 0.2) is 0 Å². The lowest BCUT2D eigenvalue weighted by Gasteiger charge is -2.16. The summed E-state index contributed by atoms with van der Waals surface area (Å²) in [5.74, 6) is -0.118. The van der Waals surface area contributed by atoms with E-state index in [1.54, 1.807) is 30.9 Å². The third-order valence-electron chi connectivity index (χ3n) is 2.99. The number of carbonyl (C=O) groups excluding carboxylic acids is 1. The van der Waals surface area contributed by atoms with Crippen molar-refractivity contribution in [3.63, 3.8) is 0 Å². The van der Waals surface area contributed by atoms with Gasteiger partial charge in [-0.3, -0.25) is 14.8 Å². The summed E-state index contributed by atoms with van der Waals surface area (Å²) in [5.41, 5.74) is 2.37. The highest BCUT2D eigenvalue weighted by Crippen LogP contribution is 2.16. The van der Waals surface area contributed by atoms with Gasteiger partial charge in [-0.2, -0.15) is 0 Å². The Bertz CT molecular complexity index is 571. The molecule has 0 saturated carbocycles. The average molecular weight is 270 g/mol. The molecule has 2 aromatic heterocycles. The van der Waals surface area contributed by atoms with Gasteiger partial charge >= 0.3 is 0 Å². The highest BCUT2D eigenvalue weighted by Gasteiger charge is 2.14. The molecule has 5 nitrogen and oxygen atoms in total. The van der Waals surface area contributed by atoms with Crippen molar-refractivity contribution >= 4 is 11.6 Å². The Balaban J connectivity index is 2.12. The number of aromatic nitrogens is 2. The number of hydrogen-bond donors (Lipinski definition) is 2. The summed E-state index contributed by atoms with van der Waals surface area (Å²) in [7, 11) is 0. The largest absolute Gasteiger partial charge is 0.383 e. The molecule has 1 amide bonds. The summed E-state index contributed by atoms with van der Waals surface area (Å²) < 4.78 is 0. The number of pyridine rings is 2. The van der Waals surface area contributed by atoms with E-state index < -0.39 is 0 Å². The van der Waals surface area contributed by atoms with Gasteiger partial charge in [0.1, 0.15) is 0 Å². The maximum Gasteiger partial charge on any atom is 0.253 e. The fraction of sp³-hybridized carbons (Fsp3) is 0.267. The molecule has 104 valence electrons. The van der Waals surface area contributed by atoms with E-state index in [-0.39, 0.29) is 11.9 Å². The van der Waals surface area contributed by atoms with Crippen molar-refractivity contribution in [1.29, 1.82) is 0 Å². The van der Waals surface area contributed by atoms with Gasteiger partial charge in [0.05, 0.1) is 23.5 Å². The van der Waals surface area contributed by atoms with E-state index in [0.717, 1.165) is 17.8 Å². The van der Waals surface area contributed by atoms with Crippen molar-refractivity contribution in [2.75, 3.05) is 11.9 Å². The fourth-order valence-corrected chi connectivity index (χ4v) is 1.93. The van der Waals surface area contributed by atoms with Crippen LogP contribution in [-0.2, 0) is 0 Å².